The van der Waals surface area contributed by atoms with Crippen molar-refractivity contribution in [1.82, 2.24) is 4.90 Å². The summed E-state index contributed by atoms with van der Waals surface area (Å²) in [4.78, 5) is 11.5. The third-order valence-electron chi connectivity index (χ3n) is 0.365. The zero-order valence-electron chi connectivity index (χ0n) is 3.76. The van der Waals surface area contributed by atoms with Crippen LogP contribution in [0, 0.1) is 0 Å². The van der Waals surface area contributed by atoms with E-state index in [0.29, 0.717) is 0 Å². The van der Waals surface area contributed by atoms with Crippen LogP contribution < -0.4 is 0 Å². The minimum atomic E-state index is -0.0324. The van der Waals surface area contributed by atoms with Crippen molar-refractivity contribution in [3.63, 3.8) is 0 Å². The Hall–Kier alpha value is -0.0105. The Labute approximate surface area is 45.3 Å². The van der Waals surface area contributed by atoms with Gasteiger partial charge in [0.25, 0.3) is 0 Å². The average Bonchev–Trinajstić information content (AvgIpc) is 1.36. The van der Waals surface area contributed by atoms with E-state index in [1.165, 1.54) is 4.90 Å². The third-order valence-corrected chi connectivity index (χ3v) is 1.13. The van der Waals surface area contributed by atoms with Crippen LogP contribution in [0.2, 0.25) is 0 Å². The molecule has 0 aromatic carbocycles. The summed E-state index contributed by atoms with van der Waals surface area (Å²) in [5.41, 5.74) is 0. The molecule has 0 aliphatic heterocycles. The molecule has 1 amide bonds. The Morgan fingerprint density at radius 2 is 1.83 bits per heavy atom. The van der Waals surface area contributed by atoms with Gasteiger partial charge in [-0.15, -0.1) is 0 Å². The Bertz CT molecular complexity index is 61.8. The van der Waals surface area contributed by atoms with Gasteiger partial charge in [-0.3, -0.25) is 0 Å². The van der Waals surface area contributed by atoms with Gasteiger partial charge in [0.1, 0.15) is 0 Å². The molecule has 2 nitrogen and oxygen atoms in total. The minimum absolute atomic E-state index is 0.0324. The molecule has 0 rings (SSSR count). The van der Waals surface area contributed by atoms with Gasteiger partial charge >= 0.3 is 44.6 Å². The van der Waals surface area contributed by atoms with Crippen molar-refractivity contribution in [3.05, 3.63) is 0 Å². The molecule has 0 aromatic rings. The van der Waals surface area contributed by atoms with Crippen LogP contribution in [-0.4, -0.2) is 39.8 Å². The summed E-state index contributed by atoms with van der Waals surface area (Å²) in [6, 6.07) is 0. The molecule has 0 bridgehead atoms. The van der Waals surface area contributed by atoms with Gasteiger partial charge in [-0.2, -0.15) is 0 Å². The summed E-state index contributed by atoms with van der Waals surface area (Å²) in [6.45, 7) is 0. The Morgan fingerprint density at radius 1 is 1.67 bits per heavy atom. The van der Waals surface area contributed by atoms with Gasteiger partial charge in [0, 0.05) is 0 Å². The zero-order valence-corrected chi connectivity index (χ0v) is 5.48. The first-order chi connectivity index (χ1) is 2.64. The van der Waals surface area contributed by atoms with Crippen molar-refractivity contribution in [3.8, 4) is 0 Å². The van der Waals surface area contributed by atoms with E-state index in [4.69, 9.17) is 0 Å². The van der Waals surface area contributed by atoms with Gasteiger partial charge in [0.05, 0.1) is 0 Å². The molecule has 0 N–H and O–H groups in total. The van der Waals surface area contributed by atoms with Crippen molar-refractivity contribution in [2.45, 2.75) is 0 Å². The molecule has 3 heteroatoms. The first kappa shape index (κ1) is 5.99. The number of hydrogen-bond donors (Lipinski definition) is 0. The molecule has 0 saturated heterocycles. The number of carbonyl (C=O) groups is 1. The van der Waals surface area contributed by atoms with Crippen LogP contribution in [0.1, 0.15) is 0 Å². The normalized spacial score (nSPS) is 7.67. The van der Waals surface area contributed by atoms with Crippen molar-refractivity contribution >= 4 is 20.8 Å². The van der Waals surface area contributed by atoms with Crippen LogP contribution in [0.3, 0.4) is 0 Å². The van der Waals surface area contributed by atoms with E-state index in [2.05, 4.69) is 16.0 Å². The van der Waals surface area contributed by atoms with Crippen LogP contribution in [0.15, 0.2) is 0 Å². The number of nitrogens with zero attached hydrogens (tertiary/aromatic N) is 1. The van der Waals surface area contributed by atoms with E-state index in [-0.39, 0.29) is 4.81 Å². The predicted octanol–water partition coefficient (Wildman–Crippen LogP) is -0.163. The molecule has 0 atom stereocenters. The van der Waals surface area contributed by atoms with Gasteiger partial charge in [-0.25, -0.2) is 0 Å². The third kappa shape index (κ3) is 2.24. The number of carbonyl (C=O) groups excluding carboxylic acids is 1. The summed E-state index contributed by atoms with van der Waals surface area (Å²) in [5.74, 6) is 0. The van der Waals surface area contributed by atoms with Gasteiger partial charge in [-0.1, -0.05) is 0 Å². The molecular weight excluding hydrogens is 145 g/mol. The molecule has 0 aliphatic rings. The number of rotatable bonds is 0. The summed E-state index contributed by atoms with van der Waals surface area (Å²) in [5, 5.41) is 0. The molecule has 0 aromatic heterocycles. The first-order valence-corrected chi connectivity index (χ1v) is 2.38. The van der Waals surface area contributed by atoms with E-state index in [0.717, 1.165) is 0 Å². The molecular formula is C3H6NOSe. The van der Waals surface area contributed by atoms with Gasteiger partial charge < -0.3 is 0 Å². The molecule has 0 spiro atoms. The first-order valence-electron chi connectivity index (χ1n) is 1.53. The molecule has 0 saturated carbocycles. The van der Waals surface area contributed by atoms with E-state index >= 15 is 0 Å². The van der Waals surface area contributed by atoms with Crippen molar-refractivity contribution in [2.75, 3.05) is 14.1 Å². The molecule has 35 valence electrons. The second-order valence-corrected chi connectivity index (χ2v) is 1.89. The summed E-state index contributed by atoms with van der Waals surface area (Å²) >= 11 is 2.33. The standard InChI is InChI=1S/C3H6NOSe/c1-4(2)3(5)6/h1-2H3. The maximum atomic E-state index is 10.0. The predicted molar refractivity (Wildman–Crippen MR) is 24.8 cm³/mol. The Balaban J connectivity index is 3.26. The van der Waals surface area contributed by atoms with Crippen molar-refractivity contribution in [1.29, 1.82) is 0 Å². The van der Waals surface area contributed by atoms with Crippen LogP contribution in [0.4, 0.5) is 4.79 Å². The summed E-state index contributed by atoms with van der Waals surface area (Å²) < 4.78 is 0. The summed E-state index contributed by atoms with van der Waals surface area (Å²) in [6.07, 6.45) is 0. The molecule has 1 radical (unpaired) electrons. The number of hydrogen-bond acceptors (Lipinski definition) is 1. The van der Waals surface area contributed by atoms with Gasteiger partial charge in [0.15, 0.2) is 0 Å². The van der Waals surface area contributed by atoms with E-state index in [1.807, 2.05) is 0 Å². The van der Waals surface area contributed by atoms with E-state index in [9.17, 15) is 4.79 Å². The van der Waals surface area contributed by atoms with Crippen LogP contribution >= 0.6 is 0 Å². The molecule has 0 unspecified atom stereocenters. The van der Waals surface area contributed by atoms with Gasteiger partial charge in [0.2, 0.25) is 0 Å². The zero-order chi connectivity index (χ0) is 5.15. The van der Waals surface area contributed by atoms with Crippen molar-refractivity contribution < 1.29 is 4.79 Å². The molecule has 0 fully saturated rings. The molecule has 0 heterocycles. The second kappa shape index (κ2) is 2.21. The fourth-order valence-corrected chi connectivity index (χ4v) is 0. The molecule has 6 heavy (non-hydrogen) atoms. The average molecular weight is 151 g/mol. The van der Waals surface area contributed by atoms with E-state index < -0.39 is 0 Å². The van der Waals surface area contributed by atoms with Crippen molar-refractivity contribution in [2.24, 2.45) is 0 Å². The summed E-state index contributed by atoms with van der Waals surface area (Å²) in [7, 11) is 3.39. The quantitative estimate of drug-likeness (QED) is 0.440. The monoisotopic (exact) mass is 152 g/mol. The maximum absolute atomic E-state index is 10.0. The Morgan fingerprint density at radius 3 is 1.83 bits per heavy atom. The Kier molecular flexibility index (Phi) is 2.21. The van der Waals surface area contributed by atoms with E-state index in [1.54, 1.807) is 14.1 Å². The fraction of sp³-hybridized carbons (Fsp3) is 0.667. The van der Waals surface area contributed by atoms with Gasteiger partial charge in [-0.05, 0) is 0 Å². The fourth-order valence-electron chi connectivity index (χ4n) is 0. The molecule has 0 aliphatic carbocycles. The second-order valence-electron chi connectivity index (χ2n) is 1.16. The van der Waals surface area contributed by atoms with Crippen LogP contribution in [0.25, 0.3) is 0 Å². The van der Waals surface area contributed by atoms with Crippen LogP contribution in [0.5, 0.6) is 0 Å². The van der Waals surface area contributed by atoms with Crippen LogP contribution in [-0.2, 0) is 0 Å². The SMILES string of the molecule is CN(C)C(=O)[Se]. The number of amides is 1. The topological polar surface area (TPSA) is 20.3 Å².